The molecular formula is C15H24O2. The SMILES string of the molecule is CC1=C[C@H]2[C@@H](CC1)[C@H](C)CC[C@@H]2C(C)C(=O)O. The highest BCUT2D eigenvalue weighted by molar-refractivity contribution is 5.70. The highest BCUT2D eigenvalue weighted by atomic mass is 16.4. The van der Waals surface area contributed by atoms with Crippen LogP contribution in [-0.2, 0) is 4.79 Å². The molecule has 2 heteroatoms. The third kappa shape index (κ3) is 2.41. The van der Waals surface area contributed by atoms with Crippen LogP contribution in [0.4, 0.5) is 0 Å². The number of carbonyl (C=O) groups is 1. The van der Waals surface area contributed by atoms with Gasteiger partial charge in [0.2, 0.25) is 0 Å². The number of carboxylic acids is 1. The third-order valence-corrected chi connectivity index (χ3v) is 5.06. The first-order chi connectivity index (χ1) is 8.00. The summed E-state index contributed by atoms with van der Waals surface area (Å²) < 4.78 is 0. The Morgan fingerprint density at radius 3 is 2.76 bits per heavy atom. The second-order valence-corrected chi connectivity index (χ2v) is 6.14. The molecule has 0 heterocycles. The molecule has 2 rings (SSSR count). The van der Waals surface area contributed by atoms with Crippen LogP contribution in [0.15, 0.2) is 11.6 Å². The van der Waals surface area contributed by atoms with E-state index in [0.717, 1.165) is 18.3 Å². The highest BCUT2D eigenvalue weighted by Crippen LogP contribution is 2.47. The van der Waals surface area contributed by atoms with E-state index >= 15 is 0 Å². The number of carboxylic acid groups (broad SMARTS) is 1. The Balaban J connectivity index is 2.22. The monoisotopic (exact) mass is 236 g/mol. The highest BCUT2D eigenvalue weighted by Gasteiger charge is 2.41. The summed E-state index contributed by atoms with van der Waals surface area (Å²) in [6.07, 6.45) is 7.14. The lowest BCUT2D eigenvalue weighted by Gasteiger charge is -2.44. The van der Waals surface area contributed by atoms with Crippen LogP contribution < -0.4 is 0 Å². The number of rotatable bonds is 2. The van der Waals surface area contributed by atoms with Crippen molar-refractivity contribution in [2.45, 2.75) is 46.5 Å². The van der Waals surface area contributed by atoms with Gasteiger partial charge in [0.15, 0.2) is 0 Å². The second-order valence-electron chi connectivity index (χ2n) is 6.14. The minimum atomic E-state index is -0.625. The lowest BCUT2D eigenvalue weighted by atomic mass is 9.60. The van der Waals surface area contributed by atoms with Gasteiger partial charge in [-0.2, -0.15) is 0 Å². The number of hydrogen-bond donors (Lipinski definition) is 1. The van der Waals surface area contributed by atoms with Gasteiger partial charge in [-0.1, -0.05) is 31.9 Å². The molecule has 5 atom stereocenters. The average Bonchev–Trinajstić information content (AvgIpc) is 2.28. The van der Waals surface area contributed by atoms with Crippen LogP contribution in [0.1, 0.15) is 46.5 Å². The van der Waals surface area contributed by atoms with Crippen molar-refractivity contribution in [3.05, 3.63) is 11.6 Å². The number of fused-ring (bicyclic) bond motifs is 1. The van der Waals surface area contributed by atoms with Crippen molar-refractivity contribution in [2.24, 2.45) is 29.6 Å². The first kappa shape index (κ1) is 12.7. The first-order valence-corrected chi connectivity index (χ1v) is 6.90. The first-order valence-electron chi connectivity index (χ1n) is 6.90. The molecule has 1 saturated carbocycles. The number of aliphatic carboxylic acids is 1. The Labute approximate surface area is 104 Å². The van der Waals surface area contributed by atoms with E-state index in [-0.39, 0.29) is 5.92 Å². The summed E-state index contributed by atoms with van der Waals surface area (Å²) in [5, 5.41) is 9.24. The Morgan fingerprint density at radius 1 is 1.41 bits per heavy atom. The van der Waals surface area contributed by atoms with Crippen molar-refractivity contribution in [1.29, 1.82) is 0 Å². The fourth-order valence-electron chi connectivity index (χ4n) is 3.86. The van der Waals surface area contributed by atoms with Gasteiger partial charge in [-0.25, -0.2) is 0 Å². The molecule has 2 aliphatic carbocycles. The van der Waals surface area contributed by atoms with E-state index in [9.17, 15) is 9.90 Å². The Morgan fingerprint density at radius 2 is 2.12 bits per heavy atom. The van der Waals surface area contributed by atoms with Crippen molar-refractivity contribution >= 4 is 5.97 Å². The maximum absolute atomic E-state index is 11.2. The van der Waals surface area contributed by atoms with Gasteiger partial charge in [0.05, 0.1) is 5.92 Å². The smallest absolute Gasteiger partial charge is 0.306 e. The van der Waals surface area contributed by atoms with Crippen LogP contribution in [0.5, 0.6) is 0 Å². The third-order valence-electron chi connectivity index (χ3n) is 5.06. The zero-order valence-electron chi connectivity index (χ0n) is 11.1. The average molecular weight is 236 g/mol. The van der Waals surface area contributed by atoms with Gasteiger partial charge in [-0.3, -0.25) is 4.79 Å². The zero-order valence-corrected chi connectivity index (χ0v) is 11.1. The molecule has 1 unspecified atom stereocenters. The van der Waals surface area contributed by atoms with E-state index in [4.69, 9.17) is 0 Å². The molecule has 1 fully saturated rings. The quantitative estimate of drug-likeness (QED) is 0.742. The van der Waals surface area contributed by atoms with Gasteiger partial charge in [-0.05, 0) is 49.9 Å². The molecule has 0 spiro atoms. The minimum absolute atomic E-state index is 0.197. The predicted octanol–water partition coefficient (Wildman–Crippen LogP) is 3.73. The second kappa shape index (κ2) is 4.83. The van der Waals surface area contributed by atoms with E-state index in [0.29, 0.717) is 11.8 Å². The summed E-state index contributed by atoms with van der Waals surface area (Å²) >= 11 is 0. The molecule has 0 aromatic carbocycles. The zero-order chi connectivity index (χ0) is 12.6. The van der Waals surface area contributed by atoms with Crippen molar-refractivity contribution in [3.8, 4) is 0 Å². The van der Waals surface area contributed by atoms with Crippen LogP contribution in [0.25, 0.3) is 0 Å². The molecule has 0 saturated heterocycles. The molecule has 1 N–H and O–H groups in total. The van der Waals surface area contributed by atoms with Crippen LogP contribution in [-0.4, -0.2) is 11.1 Å². The Bertz CT molecular complexity index is 332. The van der Waals surface area contributed by atoms with Gasteiger partial charge in [0.25, 0.3) is 0 Å². The molecule has 2 nitrogen and oxygen atoms in total. The molecule has 0 aromatic rings. The molecule has 96 valence electrons. The predicted molar refractivity (Wildman–Crippen MR) is 68.7 cm³/mol. The molecule has 17 heavy (non-hydrogen) atoms. The van der Waals surface area contributed by atoms with Gasteiger partial charge in [0.1, 0.15) is 0 Å². The van der Waals surface area contributed by atoms with Gasteiger partial charge in [-0.15, -0.1) is 0 Å². The van der Waals surface area contributed by atoms with Crippen molar-refractivity contribution < 1.29 is 9.90 Å². The Kier molecular flexibility index (Phi) is 3.60. The molecular weight excluding hydrogens is 212 g/mol. The molecule has 0 aromatic heterocycles. The summed E-state index contributed by atoms with van der Waals surface area (Å²) in [5.41, 5.74) is 1.46. The van der Waals surface area contributed by atoms with E-state index in [1.54, 1.807) is 0 Å². The van der Waals surface area contributed by atoms with Gasteiger partial charge < -0.3 is 5.11 Å². The molecule has 0 bridgehead atoms. The van der Waals surface area contributed by atoms with E-state index in [2.05, 4.69) is 19.9 Å². The summed E-state index contributed by atoms with van der Waals surface area (Å²) in [4.78, 5) is 11.2. The summed E-state index contributed by atoms with van der Waals surface area (Å²) in [6.45, 7) is 6.42. The largest absolute Gasteiger partial charge is 0.481 e. The summed E-state index contributed by atoms with van der Waals surface area (Å²) in [6, 6.07) is 0. The van der Waals surface area contributed by atoms with Gasteiger partial charge in [0, 0.05) is 0 Å². The summed E-state index contributed by atoms with van der Waals surface area (Å²) in [5.74, 6) is 1.53. The lowest BCUT2D eigenvalue weighted by molar-refractivity contribution is -0.144. The summed E-state index contributed by atoms with van der Waals surface area (Å²) in [7, 11) is 0. The molecule has 2 aliphatic rings. The molecule has 0 radical (unpaired) electrons. The number of allylic oxidation sites excluding steroid dienone is 2. The standard InChI is InChI=1S/C15H24O2/c1-9-4-6-12-10(2)5-7-13(14(12)8-9)11(3)15(16)17/h8,10-14H,4-7H2,1-3H3,(H,16,17)/t10-,11?,12+,13-,14+/m1/s1. The topological polar surface area (TPSA) is 37.3 Å². The van der Waals surface area contributed by atoms with E-state index in [1.165, 1.54) is 24.8 Å². The van der Waals surface area contributed by atoms with E-state index in [1.807, 2.05) is 6.92 Å². The fraction of sp³-hybridized carbons (Fsp3) is 0.800. The van der Waals surface area contributed by atoms with Crippen LogP contribution in [0, 0.1) is 29.6 Å². The van der Waals surface area contributed by atoms with Crippen molar-refractivity contribution in [3.63, 3.8) is 0 Å². The normalized spacial score (nSPS) is 39.1. The Hall–Kier alpha value is -0.790. The van der Waals surface area contributed by atoms with Crippen LogP contribution >= 0.6 is 0 Å². The lowest BCUT2D eigenvalue weighted by Crippen LogP contribution is -2.39. The molecule has 0 amide bonds. The van der Waals surface area contributed by atoms with Crippen molar-refractivity contribution in [2.75, 3.05) is 0 Å². The maximum Gasteiger partial charge on any atom is 0.306 e. The van der Waals surface area contributed by atoms with Crippen molar-refractivity contribution in [1.82, 2.24) is 0 Å². The fourth-order valence-corrected chi connectivity index (χ4v) is 3.86. The van der Waals surface area contributed by atoms with E-state index < -0.39 is 5.97 Å². The maximum atomic E-state index is 11.2. The van der Waals surface area contributed by atoms with Gasteiger partial charge >= 0.3 is 5.97 Å². The van der Waals surface area contributed by atoms with Crippen LogP contribution in [0.2, 0.25) is 0 Å². The number of hydrogen-bond acceptors (Lipinski definition) is 1. The molecule has 0 aliphatic heterocycles. The minimum Gasteiger partial charge on any atom is -0.481 e. The van der Waals surface area contributed by atoms with Crippen LogP contribution in [0.3, 0.4) is 0 Å².